The highest BCUT2D eigenvalue weighted by atomic mass is 32.1. The number of esters is 1. The first kappa shape index (κ1) is 21.2. The largest absolute Gasteiger partial charge is 0.481 e. The molecule has 1 aromatic heterocycles. The van der Waals surface area contributed by atoms with Gasteiger partial charge in [-0.25, -0.2) is 4.79 Å². The maximum atomic E-state index is 12.9. The van der Waals surface area contributed by atoms with Gasteiger partial charge in [0.2, 0.25) is 5.91 Å². The Bertz CT molecular complexity index is 793. The highest BCUT2D eigenvalue weighted by Gasteiger charge is 2.38. The first-order valence-corrected chi connectivity index (χ1v) is 10.0. The third-order valence-corrected chi connectivity index (χ3v) is 6.26. The molecule has 0 fully saturated rings. The van der Waals surface area contributed by atoms with E-state index < -0.39 is 23.8 Å². The van der Waals surface area contributed by atoms with E-state index in [-0.39, 0.29) is 12.5 Å². The summed E-state index contributed by atoms with van der Waals surface area (Å²) in [5, 5.41) is 12.8. The van der Waals surface area contributed by atoms with Crippen LogP contribution in [-0.2, 0) is 20.7 Å². The molecule has 1 aliphatic carbocycles. The number of aryl methyl sites for hydroxylation is 1. The number of carbonyl (C=O) groups excluding carboxylic acids is 2. The van der Waals surface area contributed by atoms with Crippen LogP contribution in [0.4, 0.5) is 5.00 Å². The Labute approximate surface area is 163 Å². The predicted molar refractivity (Wildman–Crippen MR) is 105 cm³/mol. The number of allylic oxidation sites excluding steroid dienone is 2. The quantitative estimate of drug-likeness (QED) is 0.559. The number of hydrogen-bond donors (Lipinski definition) is 2. The molecule has 7 heteroatoms. The van der Waals surface area contributed by atoms with Gasteiger partial charge >= 0.3 is 11.9 Å². The fourth-order valence-electron chi connectivity index (χ4n) is 3.54. The standard InChI is InChI=1S/C20H27NO5S/c1-6-13-12(5)27-18(16(13)20(25)26-7-2)21-17(22)14-8-10(3)11(4)9-15(14)19(23)24/h14-15H,6-9H2,1-5H3,(H,21,22)(H,23,24)/t14-,15+/m0/s1. The van der Waals surface area contributed by atoms with Crippen LogP contribution in [0.5, 0.6) is 0 Å². The number of carboxylic acids is 1. The molecule has 148 valence electrons. The Morgan fingerprint density at radius 1 is 1.11 bits per heavy atom. The number of ether oxygens (including phenoxy) is 1. The number of thiophene rings is 1. The minimum atomic E-state index is -0.968. The third kappa shape index (κ3) is 4.40. The Hall–Kier alpha value is -2.15. The Balaban J connectivity index is 2.34. The number of rotatable bonds is 6. The van der Waals surface area contributed by atoms with Crippen LogP contribution in [0.2, 0.25) is 0 Å². The topological polar surface area (TPSA) is 92.7 Å². The molecule has 2 N–H and O–H groups in total. The molecule has 2 rings (SSSR count). The van der Waals surface area contributed by atoms with Crippen LogP contribution in [0.1, 0.15) is 61.3 Å². The lowest BCUT2D eigenvalue weighted by molar-refractivity contribution is -0.146. The number of carbonyl (C=O) groups is 3. The molecule has 0 unspecified atom stereocenters. The summed E-state index contributed by atoms with van der Waals surface area (Å²) in [6.45, 7) is 9.67. The zero-order valence-corrected chi connectivity index (χ0v) is 17.3. The summed E-state index contributed by atoms with van der Waals surface area (Å²) in [4.78, 5) is 38.0. The van der Waals surface area contributed by atoms with Crippen LogP contribution in [0.3, 0.4) is 0 Å². The first-order valence-electron chi connectivity index (χ1n) is 9.19. The molecule has 0 saturated carbocycles. The number of carboxylic acid groups (broad SMARTS) is 1. The van der Waals surface area contributed by atoms with Crippen molar-refractivity contribution in [3.8, 4) is 0 Å². The van der Waals surface area contributed by atoms with E-state index in [4.69, 9.17) is 4.74 Å². The Morgan fingerprint density at radius 3 is 2.22 bits per heavy atom. The van der Waals surface area contributed by atoms with Gasteiger partial charge in [-0.15, -0.1) is 11.3 Å². The smallest absolute Gasteiger partial charge is 0.341 e. The molecule has 1 aliphatic rings. The monoisotopic (exact) mass is 393 g/mol. The zero-order chi connectivity index (χ0) is 20.3. The van der Waals surface area contributed by atoms with Crippen LogP contribution in [0.15, 0.2) is 11.1 Å². The van der Waals surface area contributed by atoms with Gasteiger partial charge in [-0.2, -0.15) is 0 Å². The molecule has 0 radical (unpaired) electrons. The van der Waals surface area contributed by atoms with Gasteiger partial charge in [0.15, 0.2) is 0 Å². The van der Waals surface area contributed by atoms with Gasteiger partial charge in [-0.3, -0.25) is 9.59 Å². The van der Waals surface area contributed by atoms with Crippen LogP contribution in [0, 0.1) is 18.8 Å². The molecule has 1 amide bonds. The van der Waals surface area contributed by atoms with E-state index in [9.17, 15) is 19.5 Å². The molecule has 0 bridgehead atoms. The predicted octanol–water partition coefficient (Wildman–Crippen LogP) is 4.18. The second-order valence-electron chi connectivity index (χ2n) is 6.92. The number of anilines is 1. The highest BCUT2D eigenvalue weighted by molar-refractivity contribution is 7.16. The van der Waals surface area contributed by atoms with E-state index in [1.165, 1.54) is 11.3 Å². The van der Waals surface area contributed by atoms with Crippen molar-refractivity contribution in [1.82, 2.24) is 0 Å². The molecule has 2 atom stereocenters. The number of hydrogen-bond acceptors (Lipinski definition) is 5. The van der Waals surface area contributed by atoms with E-state index in [2.05, 4.69) is 5.32 Å². The molecule has 0 saturated heterocycles. The van der Waals surface area contributed by atoms with E-state index >= 15 is 0 Å². The second kappa shape index (κ2) is 8.69. The van der Waals surface area contributed by atoms with E-state index in [1.54, 1.807) is 6.92 Å². The number of amides is 1. The number of nitrogens with one attached hydrogen (secondary N) is 1. The van der Waals surface area contributed by atoms with Crippen molar-refractivity contribution in [2.45, 2.75) is 53.9 Å². The highest BCUT2D eigenvalue weighted by Crippen LogP contribution is 2.38. The average molecular weight is 394 g/mol. The van der Waals surface area contributed by atoms with Crippen molar-refractivity contribution >= 4 is 34.2 Å². The number of aliphatic carboxylic acids is 1. The van der Waals surface area contributed by atoms with Crippen molar-refractivity contribution in [2.24, 2.45) is 11.8 Å². The maximum absolute atomic E-state index is 12.9. The summed E-state index contributed by atoms with van der Waals surface area (Å²) in [6.07, 6.45) is 1.43. The fraction of sp³-hybridized carbons (Fsp3) is 0.550. The third-order valence-electron chi connectivity index (χ3n) is 5.20. The van der Waals surface area contributed by atoms with Gasteiger partial charge < -0.3 is 15.2 Å². The molecule has 27 heavy (non-hydrogen) atoms. The normalized spacial score (nSPS) is 19.7. The lowest BCUT2D eigenvalue weighted by atomic mass is 9.76. The maximum Gasteiger partial charge on any atom is 0.341 e. The van der Waals surface area contributed by atoms with Crippen LogP contribution >= 0.6 is 11.3 Å². The lowest BCUT2D eigenvalue weighted by Crippen LogP contribution is -2.36. The Kier molecular flexibility index (Phi) is 6.81. The molecule has 0 spiro atoms. The van der Waals surface area contributed by atoms with Crippen LogP contribution in [0.25, 0.3) is 0 Å². The second-order valence-corrected chi connectivity index (χ2v) is 8.15. The molecule has 1 aromatic rings. The van der Waals surface area contributed by atoms with Gasteiger partial charge in [0.05, 0.1) is 24.0 Å². The van der Waals surface area contributed by atoms with Crippen molar-refractivity contribution in [1.29, 1.82) is 0 Å². The van der Waals surface area contributed by atoms with E-state index in [0.717, 1.165) is 21.6 Å². The van der Waals surface area contributed by atoms with E-state index in [1.807, 2.05) is 27.7 Å². The summed E-state index contributed by atoms with van der Waals surface area (Å²) >= 11 is 1.33. The van der Waals surface area contributed by atoms with Crippen molar-refractivity contribution in [2.75, 3.05) is 11.9 Å². The molecule has 1 heterocycles. The van der Waals surface area contributed by atoms with Gasteiger partial charge in [-0.05, 0) is 52.5 Å². The van der Waals surface area contributed by atoms with E-state index in [0.29, 0.717) is 29.8 Å². The summed E-state index contributed by atoms with van der Waals surface area (Å²) < 4.78 is 5.16. The van der Waals surface area contributed by atoms with Crippen LogP contribution < -0.4 is 5.32 Å². The first-order chi connectivity index (χ1) is 12.7. The van der Waals surface area contributed by atoms with Gasteiger partial charge in [0, 0.05) is 4.88 Å². The Morgan fingerprint density at radius 2 is 1.70 bits per heavy atom. The van der Waals surface area contributed by atoms with Crippen molar-refractivity contribution in [3.05, 3.63) is 27.2 Å². The van der Waals surface area contributed by atoms with Crippen molar-refractivity contribution in [3.63, 3.8) is 0 Å². The molecule has 0 aliphatic heterocycles. The van der Waals surface area contributed by atoms with Crippen molar-refractivity contribution < 1.29 is 24.2 Å². The summed E-state index contributed by atoms with van der Waals surface area (Å²) in [7, 11) is 0. The van der Waals surface area contributed by atoms with Crippen LogP contribution in [-0.4, -0.2) is 29.6 Å². The summed E-state index contributed by atoms with van der Waals surface area (Å²) in [5.74, 6) is -3.20. The SMILES string of the molecule is CCOC(=O)c1c(NC(=O)[C@H]2CC(C)=C(C)C[C@H]2C(=O)O)sc(C)c1CC. The molecule has 0 aromatic carbocycles. The van der Waals surface area contributed by atoms with Gasteiger partial charge in [0.25, 0.3) is 0 Å². The lowest BCUT2D eigenvalue weighted by Gasteiger charge is -2.29. The van der Waals surface area contributed by atoms with Gasteiger partial charge in [-0.1, -0.05) is 18.1 Å². The minimum Gasteiger partial charge on any atom is -0.481 e. The summed E-state index contributed by atoms with van der Waals surface area (Å²) in [5.41, 5.74) is 3.33. The van der Waals surface area contributed by atoms with Gasteiger partial charge in [0.1, 0.15) is 5.00 Å². The average Bonchev–Trinajstić information content (AvgIpc) is 2.91. The fourth-order valence-corrected chi connectivity index (χ4v) is 4.68. The minimum absolute atomic E-state index is 0.247. The molecule has 6 nitrogen and oxygen atoms in total. The molecular weight excluding hydrogens is 366 g/mol. The summed E-state index contributed by atoms with van der Waals surface area (Å²) in [6, 6.07) is 0. The molecular formula is C20H27NO5S. The zero-order valence-electron chi connectivity index (χ0n) is 16.5.